The van der Waals surface area contributed by atoms with Gasteiger partial charge < -0.3 is 14.6 Å². The predicted molar refractivity (Wildman–Crippen MR) is 144 cm³/mol. The van der Waals surface area contributed by atoms with E-state index in [0.29, 0.717) is 26.8 Å². The quantitative estimate of drug-likeness (QED) is 0.371. The van der Waals surface area contributed by atoms with Crippen molar-refractivity contribution in [3.63, 3.8) is 0 Å². The number of hydrogen-bond acceptors (Lipinski definition) is 6. The second-order valence-electron chi connectivity index (χ2n) is 9.43. The minimum atomic E-state index is -0.500. The highest BCUT2D eigenvalue weighted by Gasteiger charge is 2.34. The number of hydrogen-bond donors (Lipinski definition) is 1. The van der Waals surface area contributed by atoms with E-state index < -0.39 is 5.69 Å². The van der Waals surface area contributed by atoms with E-state index in [1.807, 2.05) is 30.3 Å². The van der Waals surface area contributed by atoms with Crippen LogP contribution in [0.4, 0.5) is 5.69 Å². The largest absolute Gasteiger partial charge is 0.376 e. The van der Waals surface area contributed by atoms with E-state index in [2.05, 4.69) is 27.0 Å². The lowest BCUT2D eigenvalue weighted by molar-refractivity contribution is 0.119. The molecule has 3 aromatic heterocycles. The van der Waals surface area contributed by atoms with Crippen LogP contribution in [0.3, 0.4) is 0 Å². The Bertz CT molecular complexity index is 1760. The molecule has 0 radical (unpaired) electrons. The van der Waals surface area contributed by atoms with Crippen molar-refractivity contribution in [3.8, 4) is 16.1 Å². The van der Waals surface area contributed by atoms with Crippen LogP contribution in [0.1, 0.15) is 6.42 Å². The highest BCUT2D eigenvalue weighted by Crippen LogP contribution is 2.36. The zero-order chi connectivity index (χ0) is 24.4. The standard InChI is InChI=1S/C27H21ClN4O3S/c28-21-4-2-1-3-19(21)24-9-22-25(36-24)26(33)32(27(34)30-22)23-11-29-10-16-5-6-17(8-20(16)23)31-12-15-7-18(13-31)35-14-15/h1-6,8-11,15,18H,7,12-14H2,(H,30,34)/t15-,18-/m0/s1. The number of thiophene rings is 1. The zero-order valence-corrected chi connectivity index (χ0v) is 20.7. The fourth-order valence-corrected chi connectivity index (χ4v) is 6.79. The maximum absolute atomic E-state index is 13.7. The summed E-state index contributed by atoms with van der Waals surface area (Å²) in [5.74, 6) is 0.537. The number of anilines is 1. The molecule has 5 aromatic rings. The van der Waals surface area contributed by atoms with Gasteiger partial charge in [0.05, 0.1) is 30.1 Å². The summed E-state index contributed by atoms with van der Waals surface area (Å²) in [5, 5.41) is 2.26. The van der Waals surface area contributed by atoms with E-state index in [9.17, 15) is 9.59 Å². The first-order chi connectivity index (χ1) is 17.5. The molecule has 1 N–H and O–H groups in total. The van der Waals surface area contributed by atoms with Crippen LogP contribution in [0.2, 0.25) is 5.02 Å². The molecule has 0 amide bonds. The molecule has 7 rings (SSSR count). The average Bonchev–Trinajstić information content (AvgIpc) is 3.46. The number of halogens is 1. The molecule has 2 fully saturated rings. The molecule has 0 saturated carbocycles. The van der Waals surface area contributed by atoms with Crippen molar-refractivity contribution < 1.29 is 4.74 Å². The number of fused-ring (bicyclic) bond motifs is 4. The summed E-state index contributed by atoms with van der Waals surface area (Å²) in [7, 11) is 0. The smallest absolute Gasteiger partial charge is 0.333 e. The van der Waals surface area contributed by atoms with Crippen molar-refractivity contribution in [2.24, 2.45) is 5.92 Å². The van der Waals surface area contributed by atoms with E-state index in [-0.39, 0.29) is 11.7 Å². The number of piperidine rings is 1. The number of H-pyrrole nitrogens is 1. The van der Waals surface area contributed by atoms with E-state index in [1.54, 1.807) is 18.5 Å². The van der Waals surface area contributed by atoms with Gasteiger partial charge in [0.2, 0.25) is 0 Å². The molecule has 36 heavy (non-hydrogen) atoms. The molecule has 9 heteroatoms. The van der Waals surface area contributed by atoms with Gasteiger partial charge in [-0.05, 0) is 30.7 Å². The monoisotopic (exact) mass is 516 g/mol. The third-order valence-corrected chi connectivity index (χ3v) is 8.60. The van der Waals surface area contributed by atoms with Crippen LogP contribution in [0.15, 0.2) is 70.5 Å². The topological polar surface area (TPSA) is 80.2 Å². The predicted octanol–water partition coefficient (Wildman–Crippen LogP) is 4.83. The summed E-state index contributed by atoms with van der Waals surface area (Å²) < 4.78 is 7.53. The lowest BCUT2D eigenvalue weighted by Crippen LogP contribution is -2.39. The molecule has 2 aliphatic heterocycles. The second-order valence-corrected chi connectivity index (χ2v) is 10.9. The zero-order valence-electron chi connectivity index (χ0n) is 19.1. The maximum atomic E-state index is 13.7. The second kappa shape index (κ2) is 8.30. The SMILES string of the molecule is O=c1[nH]c2cc(-c3ccccc3Cl)sc2c(=O)n1-c1cncc2ccc(N3C[C@H]4CO[C@@H](C4)C3)cc12. The third kappa shape index (κ3) is 3.48. The van der Waals surface area contributed by atoms with Crippen LogP contribution in [-0.4, -0.2) is 40.3 Å². The minimum Gasteiger partial charge on any atom is -0.376 e. The van der Waals surface area contributed by atoms with Crippen LogP contribution in [0, 0.1) is 5.92 Å². The number of pyridine rings is 1. The summed E-state index contributed by atoms with van der Waals surface area (Å²) >= 11 is 7.70. The first-order valence-electron chi connectivity index (χ1n) is 11.8. The lowest BCUT2D eigenvalue weighted by Gasteiger charge is -2.32. The van der Waals surface area contributed by atoms with E-state index in [0.717, 1.165) is 53.0 Å². The normalized spacial score (nSPS) is 19.4. The Kier molecular flexibility index (Phi) is 5.02. The Morgan fingerprint density at radius 3 is 2.83 bits per heavy atom. The van der Waals surface area contributed by atoms with Crippen LogP contribution >= 0.6 is 22.9 Å². The van der Waals surface area contributed by atoms with E-state index in [1.165, 1.54) is 15.9 Å². The van der Waals surface area contributed by atoms with Gasteiger partial charge in [-0.25, -0.2) is 9.36 Å². The minimum absolute atomic E-state index is 0.260. The molecule has 2 aliphatic rings. The average molecular weight is 517 g/mol. The number of nitrogens with zero attached hydrogens (tertiary/aromatic N) is 3. The Morgan fingerprint density at radius 2 is 1.97 bits per heavy atom. The highest BCUT2D eigenvalue weighted by atomic mass is 35.5. The van der Waals surface area contributed by atoms with Gasteiger partial charge in [-0.15, -0.1) is 11.3 Å². The molecule has 5 heterocycles. The molecule has 7 nitrogen and oxygen atoms in total. The van der Waals surface area contributed by atoms with Crippen molar-refractivity contribution in [1.29, 1.82) is 0 Å². The Hall–Kier alpha value is -3.46. The first-order valence-corrected chi connectivity index (χ1v) is 13.0. The van der Waals surface area contributed by atoms with Crippen molar-refractivity contribution in [1.82, 2.24) is 14.5 Å². The summed E-state index contributed by atoms with van der Waals surface area (Å²) in [4.78, 5) is 37.3. The van der Waals surface area contributed by atoms with Gasteiger partial charge in [0.1, 0.15) is 4.70 Å². The Labute approximate surface area is 214 Å². The van der Waals surface area contributed by atoms with Gasteiger partial charge in [0.25, 0.3) is 5.56 Å². The molecular formula is C27H21ClN4O3S. The van der Waals surface area contributed by atoms with Crippen molar-refractivity contribution >= 4 is 49.6 Å². The molecule has 0 aliphatic carbocycles. The fourth-order valence-electron chi connectivity index (χ4n) is 5.41. The van der Waals surface area contributed by atoms with Gasteiger partial charge in [-0.1, -0.05) is 35.9 Å². The number of aromatic nitrogens is 3. The summed E-state index contributed by atoms with van der Waals surface area (Å²) in [5.41, 5.74) is 1.97. The van der Waals surface area contributed by atoms with Gasteiger partial charge in [0.15, 0.2) is 0 Å². The highest BCUT2D eigenvalue weighted by molar-refractivity contribution is 7.22. The summed E-state index contributed by atoms with van der Waals surface area (Å²) in [6.45, 7) is 2.59. The molecule has 0 unspecified atom stereocenters. The van der Waals surface area contributed by atoms with Gasteiger partial charge in [-0.3, -0.25) is 9.78 Å². The Balaban J connectivity index is 1.38. The molecule has 2 bridgehead atoms. The molecule has 2 saturated heterocycles. The lowest BCUT2D eigenvalue weighted by atomic mass is 9.99. The van der Waals surface area contributed by atoms with Gasteiger partial charge >= 0.3 is 5.69 Å². The van der Waals surface area contributed by atoms with Crippen molar-refractivity contribution in [2.75, 3.05) is 24.6 Å². The molecule has 2 aromatic carbocycles. The van der Waals surface area contributed by atoms with Gasteiger partial charge in [-0.2, -0.15) is 0 Å². The van der Waals surface area contributed by atoms with Gasteiger partial charge in [0, 0.05) is 57.1 Å². The maximum Gasteiger partial charge on any atom is 0.333 e. The summed E-state index contributed by atoms with van der Waals surface area (Å²) in [6, 6.07) is 15.4. The number of ether oxygens (including phenoxy) is 1. The number of nitrogens with one attached hydrogen (secondary N) is 1. The molecule has 0 spiro atoms. The first kappa shape index (κ1) is 21.8. The van der Waals surface area contributed by atoms with Crippen LogP contribution in [0.25, 0.3) is 37.1 Å². The van der Waals surface area contributed by atoms with Crippen molar-refractivity contribution in [2.45, 2.75) is 12.5 Å². The van der Waals surface area contributed by atoms with Crippen LogP contribution in [-0.2, 0) is 4.74 Å². The van der Waals surface area contributed by atoms with E-state index >= 15 is 0 Å². The summed E-state index contributed by atoms with van der Waals surface area (Å²) in [6.07, 6.45) is 4.71. The molecular weight excluding hydrogens is 496 g/mol. The Morgan fingerprint density at radius 1 is 1.08 bits per heavy atom. The van der Waals surface area contributed by atoms with Crippen LogP contribution < -0.4 is 16.1 Å². The number of aromatic amines is 1. The molecule has 2 atom stereocenters. The molecule has 180 valence electrons. The third-order valence-electron chi connectivity index (χ3n) is 7.11. The number of benzene rings is 2. The fraction of sp³-hybridized carbons (Fsp3) is 0.222. The number of rotatable bonds is 3. The van der Waals surface area contributed by atoms with Crippen LogP contribution in [0.5, 0.6) is 0 Å². The van der Waals surface area contributed by atoms with E-state index in [4.69, 9.17) is 16.3 Å². The van der Waals surface area contributed by atoms with Crippen molar-refractivity contribution in [3.05, 3.63) is 86.8 Å².